The van der Waals surface area contributed by atoms with Gasteiger partial charge in [-0.15, -0.1) is 0 Å². The lowest BCUT2D eigenvalue weighted by Crippen LogP contribution is -2.39. The molecule has 1 aliphatic rings. The van der Waals surface area contributed by atoms with Crippen molar-refractivity contribution in [2.24, 2.45) is 0 Å². The van der Waals surface area contributed by atoms with Gasteiger partial charge in [0.15, 0.2) is 0 Å². The number of benzene rings is 1. The van der Waals surface area contributed by atoms with Crippen LogP contribution in [0.1, 0.15) is 30.0 Å². The molecule has 1 aromatic heterocycles. The minimum absolute atomic E-state index is 0.215. The third kappa shape index (κ3) is 3.44. The van der Waals surface area contributed by atoms with Crippen molar-refractivity contribution in [3.8, 4) is 11.5 Å². The molecular formula is C19H22N2O4. The molecule has 0 aliphatic carbocycles. The number of nitrogens with zero attached hydrogens (tertiary/aromatic N) is 2. The van der Waals surface area contributed by atoms with Crippen LogP contribution in [0.4, 0.5) is 0 Å². The third-order valence-electron chi connectivity index (χ3n) is 4.67. The smallest absolute Gasteiger partial charge is 0.320 e. The molecule has 2 unspecified atom stereocenters. The number of rotatable bonds is 6. The first-order valence-electron chi connectivity index (χ1n) is 8.26. The molecule has 0 radical (unpaired) electrons. The normalized spacial score (nSPS) is 18.7. The Labute approximate surface area is 147 Å². The first kappa shape index (κ1) is 17.2. The van der Waals surface area contributed by atoms with Crippen LogP contribution in [-0.4, -0.2) is 47.8 Å². The van der Waals surface area contributed by atoms with Crippen molar-refractivity contribution in [3.63, 3.8) is 0 Å². The Hall–Kier alpha value is -2.60. The molecule has 0 amide bonds. The molecule has 3 rings (SSSR count). The van der Waals surface area contributed by atoms with Crippen molar-refractivity contribution < 1.29 is 19.4 Å². The van der Waals surface area contributed by atoms with Crippen molar-refractivity contribution in [1.29, 1.82) is 0 Å². The second-order valence-corrected chi connectivity index (χ2v) is 6.03. The number of ether oxygens (including phenoxy) is 2. The van der Waals surface area contributed by atoms with E-state index in [9.17, 15) is 9.90 Å². The van der Waals surface area contributed by atoms with Crippen LogP contribution in [0, 0.1) is 0 Å². The molecule has 0 saturated carbocycles. The number of hydrogen-bond acceptors (Lipinski definition) is 5. The molecule has 1 saturated heterocycles. The van der Waals surface area contributed by atoms with Crippen molar-refractivity contribution in [2.75, 3.05) is 20.8 Å². The fourth-order valence-electron chi connectivity index (χ4n) is 3.50. The van der Waals surface area contributed by atoms with Gasteiger partial charge >= 0.3 is 5.97 Å². The van der Waals surface area contributed by atoms with Gasteiger partial charge in [0.05, 0.1) is 20.3 Å². The molecule has 2 heterocycles. The highest BCUT2D eigenvalue weighted by Gasteiger charge is 2.37. The zero-order valence-electron chi connectivity index (χ0n) is 14.4. The Bertz CT molecular complexity index is 735. The maximum Gasteiger partial charge on any atom is 0.320 e. The van der Waals surface area contributed by atoms with Gasteiger partial charge in [-0.2, -0.15) is 0 Å². The zero-order chi connectivity index (χ0) is 17.8. The molecule has 0 bridgehead atoms. The maximum absolute atomic E-state index is 11.7. The van der Waals surface area contributed by atoms with E-state index in [4.69, 9.17) is 9.47 Å². The fraction of sp³-hybridized carbons (Fsp3) is 0.368. The topological polar surface area (TPSA) is 71.9 Å². The maximum atomic E-state index is 11.7. The van der Waals surface area contributed by atoms with Gasteiger partial charge < -0.3 is 14.6 Å². The number of aliphatic carboxylic acids is 1. The molecule has 1 fully saturated rings. The van der Waals surface area contributed by atoms with Crippen LogP contribution in [0.25, 0.3) is 0 Å². The summed E-state index contributed by atoms with van der Waals surface area (Å²) in [6.07, 6.45) is 4.96. The highest BCUT2D eigenvalue weighted by molar-refractivity contribution is 5.74. The Kier molecular flexibility index (Phi) is 5.19. The summed E-state index contributed by atoms with van der Waals surface area (Å²) in [7, 11) is 3.22. The molecule has 2 atom stereocenters. The predicted molar refractivity (Wildman–Crippen MR) is 93.0 cm³/mol. The zero-order valence-corrected chi connectivity index (χ0v) is 14.4. The van der Waals surface area contributed by atoms with Gasteiger partial charge in [0.2, 0.25) is 0 Å². The highest BCUT2D eigenvalue weighted by atomic mass is 16.5. The van der Waals surface area contributed by atoms with Crippen molar-refractivity contribution in [1.82, 2.24) is 9.88 Å². The van der Waals surface area contributed by atoms with E-state index >= 15 is 0 Å². The Balaban J connectivity index is 2.11. The van der Waals surface area contributed by atoms with E-state index in [0.29, 0.717) is 17.9 Å². The van der Waals surface area contributed by atoms with Crippen LogP contribution in [0.3, 0.4) is 0 Å². The number of carboxylic acid groups (broad SMARTS) is 1. The van der Waals surface area contributed by atoms with E-state index in [2.05, 4.69) is 4.98 Å². The molecule has 0 spiro atoms. The van der Waals surface area contributed by atoms with E-state index in [0.717, 1.165) is 24.1 Å². The molecule has 132 valence electrons. The minimum Gasteiger partial charge on any atom is -0.497 e. The van der Waals surface area contributed by atoms with Crippen LogP contribution in [0.2, 0.25) is 0 Å². The van der Waals surface area contributed by atoms with Gasteiger partial charge in [0.1, 0.15) is 17.5 Å². The van der Waals surface area contributed by atoms with Gasteiger partial charge in [-0.05, 0) is 42.7 Å². The summed E-state index contributed by atoms with van der Waals surface area (Å²) < 4.78 is 10.9. The summed E-state index contributed by atoms with van der Waals surface area (Å²) in [5.41, 5.74) is 1.91. The number of likely N-dealkylation sites (tertiary alicyclic amines) is 1. The summed E-state index contributed by atoms with van der Waals surface area (Å²) in [6.45, 7) is 0.721. The number of carbonyl (C=O) groups is 1. The van der Waals surface area contributed by atoms with E-state index in [1.54, 1.807) is 26.6 Å². The predicted octanol–water partition coefficient (Wildman–Crippen LogP) is 2.74. The summed E-state index contributed by atoms with van der Waals surface area (Å²) >= 11 is 0. The van der Waals surface area contributed by atoms with Crippen LogP contribution in [0.15, 0.2) is 42.7 Å². The highest BCUT2D eigenvalue weighted by Crippen LogP contribution is 2.40. The first-order chi connectivity index (χ1) is 12.2. The van der Waals surface area contributed by atoms with Crippen LogP contribution in [-0.2, 0) is 4.79 Å². The van der Waals surface area contributed by atoms with Crippen LogP contribution >= 0.6 is 0 Å². The lowest BCUT2D eigenvalue weighted by Gasteiger charge is -2.32. The van der Waals surface area contributed by atoms with Gasteiger partial charge in [-0.3, -0.25) is 14.7 Å². The van der Waals surface area contributed by atoms with E-state index in [1.807, 2.05) is 35.2 Å². The van der Waals surface area contributed by atoms with Crippen molar-refractivity contribution in [2.45, 2.75) is 24.9 Å². The van der Waals surface area contributed by atoms with Gasteiger partial charge in [0, 0.05) is 30.6 Å². The minimum atomic E-state index is -0.788. The van der Waals surface area contributed by atoms with Crippen LogP contribution < -0.4 is 9.47 Å². The van der Waals surface area contributed by atoms with Gasteiger partial charge in [0.25, 0.3) is 0 Å². The largest absolute Gasteiger partial charge is 0.497 e. The molecule has 1 aliphatic heterocycles. The standard InChI is InChI=1S/C19H22N2O4/c1-24-14-5-6-15(17(12-14)25-2)18(13-7-9-20-10-8-13)21-11-3-4-16(21)19(22)23/h5-10,12,16,18H,3-4,11H2,1-2H3,(H,22,23). The number of pyridine rings is 1. The van der Waals surface area contributed by atoms with Gasteiger partial charge in [-0.1, -0.05) is 0 Å². The van der Waals surface area contributed by atoms with Crippen LogP contribution in [0.5, 0.6) is 11.5 Å². The van der Waals surface area contributed by atoms with E-state index in [1.165, 1.54) is 0 Å². The quantitative estimate of drug-likeness (QED) is 0.870. The molecule has 25 heavy (non-hydrogen) atoms. The number of methoxy groups -OCH3 is 2. The van der Waals surface area contributed by atoms with E-state index in [-0.39, 0.29) is 6.04 Å². The monoisotopic (exact) mass is 342 g/mol. The summed E-state index contributed by atoms with van der Waals surface area (Å²) in [4.78, 5) is 17.8. The van der Waals surface area contributed by atoms with E-state index < -0.39 is 12.0 Å². The molecule has 6 nitrogen and oxygen atoms in total. The molecule has 1 aromatic carbocycles. The number of carboxylic acids is 1. The Morgan fingerprint density at radius 2 is 2.00 bits per heavy atom. The summed E-state index contributed by atoms with van der Waals surface area (Å²) in [5.74, 6) is 0.589. The molecule has 2 aromatic rings. The average Bonchev–Trinajstić information content (AvgIpc) is 3.12. The average molecular weight is 342 g/mol. The Morgan fingerprint density at radius 1 is 1.24 bits per heavy atom. The molecular weight excluding hydrogens is 320 g/mol. The van der Waals surface area contributed by atoms with Crippen molar-refractivity contribution >= 4 is 5.97 Å². The SMILES string of the molecule is COc1ccc(C(c2ccncc2)N2CCCC2C(=O)O)c(OC)c1. The fourth-order valence-corrected chi connectivity index (χ4v) is 3.50. The number of hydrogen-bond donors (Lipinski definition) is 1. The second-order valence-electron chi connectivity index (χ2n) is 6.03. The van der Waals surface area contributed by atoms with Gasteiger partial charge in [-0.25, -0.2) is 0 Å². The first-order valence-corrected chi connectivity index (χ1v) is 8.26. The summed E-state index contributed by atoms with van der Waals surface area (Å²) in [5, 5.41) is 9.63. The molecule has 1 N–H and O–H groups in total. The van der Waals surface area contributed by atoms with Crippen molar-refractivity contribution in [3.05, 3.63) is 53.9 Å². The number of aromatic nitrogens is 1. The lowest BCUT2D eigenvalue weighted by molar-refractivity contribution is -0.142. The Morgan fingerprint density at radius 3 is 2.64 bits per heavy atom. The third-order valence-corrected chi connectivity index (χ3v) is 4.67. The molecule has 6 heteroatoms. The summed E-state index contributed by atoms with van der Waals surface area (Å²) in [6, 6.07) is 8.77. The lowest BCUT2D eigenvalue weighted by atomic mass is 9.96. The second kappa shape index (κ2) is 7.53.